The maximum atomic E-state index is 12.2. The zero-order valence-corrected chi connectivity index (χ0v) is 10.7. The molecule has 0 unspecified atom stereocenters. The summed E-state index contributed by atoms with van der Waals surface area (Å²) in [5.41, 5.74) is 5.75. The molecule has 96 valence electrons. The smallest absolute Gasteiger partial charge is 0.220 e. The first-order valence-corrected chi connectivity index (χ1v) is 5.97. The lowest BCUT2D eigenvalue weighted by atomic mass is 10.0. The van der Waals surface area contributed by atoms with Crippen LogP contribution in [-0.2, 0) is 4.79 Å². The van der Waals surface area contributed by atoms with Crippen LogP contribution in [0.2, 0.25) is 10.0 Å². The number of benzene rings is 1. The van der Waals surface area contributed by atoms with Crippen molar-refractivity contribution in [2.24, 2.45) is 0 Å². The van der Waals surface area contributed by atoms with E-state index in [4.69, 9.17) is 28.9 Å². The van der Waals surface area contributed by atoms with Gasteiger partial charge in [-0.15, -0.1) is 0 Å². The van der Waals surface area contributed by atoms with Crippen molar-refractivity contribution in [2.75, 3.05) is 5.73 Å². The average molecular weight is 289 g/mol. The van der Waals surface area contributed by atoms with Gasteiger partial charge in [-0.05, 0) is 12.5 Å². The Morgan fingerprint density at radius 1 is 1.50 bits per heavy atom. The number of amides is 1. The molecule has 1 aliphatic heterocycles. The molecule has 1 fully saturated rings. The SMILES string of the molecule is Nc1cc(Cl)c(O)c(Cl)c1C(=O)[C@@H]1CCC(=O)N1. The molecule has 0 bridgehead atoms. The minimum atomic E-state index is -0.655. The number of halogens is 2. The summed E-state index contributed by atoms with van der Waals surface area (Å²) in [5.74, 6) is -1.00. The van der Waals surface area contributed by atoms with E-state index in [2.05, 4.69) is 5.32 Å². The number of rotatable bonds is 2. The van der Waals surface area contributed by atoms with Gasteiger partial charge in [0.05, 0.1) is 21.7 Å². The van der Waals surface area contributed by atoms with Crippen molar-refractivity contribution in [1.82, 2.24) is 5.32 Å². The fraction of sp³-hybridized carbons (Fsp3) is 0.273. The molecule has 1 saturated heterocycles. The molecule has 1 heterocycles. The van der Waals surface area contributed by atoms with Crippen LogP contribution in [0, 0.1) is 0 Å². The molecule has 0 aromatic heterocycles. The molecule has 0 aliphatic carbocycles. The molecule has 5 nitrogen and oxygen atoms in total. The van der Waals surface area contributed by atoms with E-state index in [-0.39, 0.29) is 39.4 Å². The lowest BCUT2D eigenvalue weighted by Gasteiger charge is -2.14. The Morgan fingerprint density at radius 3 is 2.72 bits per heavy atom. The maximum absolute atomic E-state index is 12.2. The van der Waals surface area contributed by atoms with Gasteiger partial charge in [-0.3, -0.25) is 9.59 Å². The number of carbonyl (C=O) groups excluding carboxylic acids is 2. The Morgan fingerprint density at radius 2 is 2.17 bits per heavy atom. The van der Waals surface area contributed by atoms with Crippen LogP contribution in [0.4, 0.5) is 5.69 Å². The van der Waals surface area contributed by atoms with Crippen molar-refractivity contribution in [3.05, 3.63) is 21.7 Å². The quantitative estimate of drug-likeness (QED) is 0.439. The molecule has 0 spiro atoms. The molecule has 7 heteroatoms. The molecular formula is C11H10Cl2N2O3. The van der Waals surface area contributed by atoms with E-state index in [1.54, 1.807) is 0 Å². The van der Waals surface area contributed by atoms with Crippen LogP contribution in [0.5, 0.6) is 5.75 Å². The van der Waals surface area contributed by atoms with Crippen LogP contribution in [0.3, 0.4) is 0 Å². The largest absolute Gasteiger partial charge is 0.505 e. The van der Waals surface area contributed by atoms with Crippen molar-refractivity contribution in [3.63, 3.8) is 0 Å². The lowest BCUT2D eigenvalue weighted by molar-refractivity contribution is -0.119. The van der Waals surface area contributed by atoms with E-state index in [1.807, 2.05) is 0 Å². The Balaban J connectivity index is 2.42. The monoisotopic (exact) mass is 288 g/mol. The van der Waals surface area contributed by atoms with E-state index in [1.165, 1.54) is 6.07 Å². The first-order chi connectivity index (χ1) is 8.41. The Labute approximate surface area is 113 Å². The van der Waals surface area contributed by atoms with Crippen molar-refractivity contribution < 1.29 is 14.7 Å². The predicted molar refractivity (Wildman–Crippen MR) is 68.0 cm³/mol. The molecule has 1 aliphatic rings. The summed E-state index contributed by atoms with van der Waals surface area (Å²) >= 11 is 11.5. The van der Waals surface area contributed by atoms with Gasteiger partial charge >= 0.3 is 0 Å². The first-order valence-electron chi connectivity index (χ1n) is 5.21. The second-order valence-corrected chi connectivity index (χ2v) is 4.79. The minimum Gasteiger partial charge on any atom is -0.505 e. The first kappa shape index (κ1) is 13.0. The van der Waals surface area contributed by atoms with Gasteiger partial charge in [0, 0.05) is 12.1 Å². The maximum Gasteiger partial charge on any atom is 0.220 e. The van der Waals surface area contributed by atoms with Crippen LogP contribution >= 0.6 is 23.2 Å². The number of hydrogen-bond acceptors (Lipinski definition) is 4. The number of hydrogen-bond donors (Lipinski definition) is 3. The standard InChI is InChI=1S/C11H10Cl2N2O3/c12-4-3-5(14)8(9(13)10(4)17)11(18)6-1-2-7(16)15-6/h3,6,17H,1-2,14H2,(H,15,16)/t6-/m0/s1. The van der Waals surface area contributed by atoms with E-state index in [9.17, 15) is 14.7 Å². The van der Waals surface area contributed by atoms with Crippen molar-refractivity contribution in [3.8, 4) is 5.75 Å². The summed E-state index contributed by atoms with van der Waals surface area (Å²) < 4.78 is 0. The van der Waals surface area contributed by atoms with Crippen LogP contribution in [0.25, 0.3) is 0 Å². The number of phenols is 1. The molecule has 1 amide bonds. The van der Waals surface area contributed by atoms with Crippen LogP contribution in [-0.4, -0.2) is 22.8 Å². The van der Waals surface area contributed by atoms with Gasteiger partial charge in [0.2, 0.25) is 5.91 Å². The molecule has 2 rings (SSSR count). The highest BCUT2D eigenvalue weighted by molar-refractivity contribution is 6.40. The molecule has 0 radical (unpaired) electrons. The van der Waals surface area contributed by atoms with Crippen LogP contribution < -0.4 is 11.1 Å². The van der Waals surface area contributed by atoms with E-state index >= 15 is 0 Å². The zero-order valence-electron chi connectivity index (χ0n) is 9.17. The van der Waals surface area contributed by atoms with Gasteiger partial charge < -0.3 is 16.2 Å². The van der Waals surface area contributed by atoms with E-state index in [0.717, 1.165) is 0 Å². The number of nitrogens with one attached hydrogen (secondary N) is 1. The third kappa shape index (κ3) is 2.11. The van der Waals surface area contributed by atoms with Gasteiger partial charge in [0.1, 0.15) is 0 Å². The van der Waals surface area contributed by atoms with Gasteiger partial charge in [-0.1, -0.05) is 23.2 Å². The number of Topliss-reactive ketones (excluding diaryl/α,β-unsaturated/α-hetero) is 1. The zero-order chi connectivity index (χ0) is 13.4. The van der Waals surface area contributed by atoms with Gasteiger partial charge in [0.15, 0.2) is 11.5 Å². The van der Waals surface area contributed by atoms with Crippen molar-refractivity contribution in [2.45, 2.75) is 18.9 Å². The summed E-state index contributed by atoms with van der Waals surface area (Å²) in [4.78, 5) is 23.2. The molecule has 4 N–H and O–H groups in total. The number of nitrogen functional groups attached to an aromatic ring is 1. The van der Waals surface area contributed by atoms with Crippen molar-refractivity contribution >= 4 is 40.6 Å². The van der Waals surface area contributed by atoms with Crippen molar-refractivity contribution in [1.29, 1.82) is 0 Å². The van der Waals surface area contributed by atoms with Gasteiger partial charge in [-0.25, -0.2) is 0 Å². The topological polar surface area (TPSA) is 92.4 Å². The third-order valence-electron chi connectivity index (χ3n) is 2.78. The summed E-state index contributed by atoms with van der Waals surface area (Å²) in [5, 5.41) is 11.9. The van der Waals surface area contributed by atoms with E-state index < -0.39 is 11.8 Å². The van der Waals surface area contributed by atoms with Crippen LogP contribution in [0.15, 0.2) is 6.07 Å². The molecule has 1 aromatic rings. The Hall–Kier alpha value is -1.46. The molecule has 18 heavy (non-hydrogen) atoms. The predicted octanol–water partition coefficient (Wildman–Crippen LogP) is 1.74. The highest BCUT2D eigenvalue weighted by atomic mass is 35.5. The number of phenolic OH excluding ortho intramolecular Hbond substituents is 1. The number of ketones is 1. The fourth-order valence-electron chi connectivity index (χ4n) is 1.86. The molecule has 1 atom stereocenters. The van der Waals surface area contributed by atoms with Gasteiger partial charge in [0.25, 0.3) is 0 Å². The lowest BCUT2D eigenvalue weighted by Crippen LogP contribution is -2.33. The highest BCUT2D eigenvalue weighted by Gasteiger charge is 2.31. The van der Waals surface area contributed by atoms with E-state index in [0.29, 0.717) is 6.42 Å². The Bertz CT molecular complexity index is 546. The Kier molecular flexibility index (Phi) is 3.36. The van der Waals surface area contributed by atoms with Crippen LogP contribution in [0.1, 0.15) is 23.2 Å². The summed E-state index contributed by atoms with van der Waals surface area (Å²) in [7, 11) is 0. The second kappa shape index (κ2) is 4.66. The summed E-state index contributed by atoms with van der Waals surface area (Å²) in [6.07, 6.45) is 0.671. The minimum absolute atomic E-state index is 0.00855. The molecular weight excluding hydrogens is 279 g/mol. The van der Waals surface area contributed by atoms with Gasteiger partial charge in [-0.2, -0.15) is 0 Å². The number of anilines is 1. The summed E-state index contributed by atoms with van der Waals surface area (Å²) in [6.45, 7) is 0. The number of carbonyl (C=O) groups is 2. The average Bonchev–Trinajstić information content (AvgIpc) is 2.73. The third-order valence-corrected chi connectivity index (χ3v) is 3.44. The highest BCUT2D eigenvalue weighted by Crippen LogP contribution is 2.38. The number of aromatic hydroxyl groups is 1. The molecule has 1 aromatic carbocycles. The number of nitrogens with two attached hydrogens (primary N) is 1. The second-order valence-electron chi connectivity index (χ2n) is 4.01. The fourth-order valence-corrected chi connectivity index (χ4v) is 2.43. The summed E-state index contributed by atoms with van der Waals surface area (Å²) in [6, 6.07) is 0.602. The molecule has 0 saturated carbocycles. The normalized spacial score (nSPS) is 18.8.